The maximum atomic E-state index is 12.1. The van der Waals surface area contributed by atoms with Gasteiger partial charge in [-0.15, -0.1) is 19.8 Å². The van der Waals surface area contributed by atoms with E-state index in [0.29, 0.717) is 0 Å². The fraction of sp³-hybridized carbons (Fsp3) is 0.267. The zero-order valence-corrected chi connectivity index (χ0v) is 11.3. The quantitative estimate of drug-likeness (QED) is 0.775. The third-order valence-corrected chi connectivity index (χ3v) is 2.93. The molecule has 1 rings (SSSR count). The van der Waals surface area contributed by atoms with Crippen molar-refractivity contribution in [3.8, 4) is 24.0 Å². The molecule has 0 N–H and O–H groups in total. The molecule has 0 fully saturated rings. The van der Waals surface area contributed by atoms with Gasteiger partial charge in [0.25, 0.3) is 0 Å². The molecular formula is C15H10F3N3O. The van der Waals surface area contributed by atoms with Crippen LogP contribution < -0.4 is 4.74 Å². The molecule has 0 bridgehead atoms. The molecule has 7 heteroatoms. The average Bonchev–Trinajstić information content (AvgIpc) is 2.47. The number of ether oxygens (including phenoxy) is 1. The van der Waals surface area contributed by atoms with E-state index in [1.54, 1.807) is 12.1 Å². The van der Waals surface area contributed by atoms with Crippen molar-refractivity contribution >= 4 is 0 Å². The van der Waals surface area contributed by atoms with Crippen molar-refractivity contribution in [2.45, 2.75) is 18.7 Å². The van der Waals surface area contributed by atoms with E-state index in [2.05, 4.69) is 11.3 Å². The minimum Gasteiger partial charge on any atom is -0.406 e. The van der Waals surface area contributed by atoms with Gasteiger partial charge >= 0.3 is 6.36 Å². The number of hydrogen-bond acceptors (Lipinski definition) is 4. The van der Waals surface area contributed by atoms with Crippen LogP contribution in [0.1, 0.15) is 17.9 Å². The first-order valence-corrected chi connectivity index (χ1v) is 6.00. The van der Waals surface area contributed by atoms with Crippen LogP contribution in [0.25, 0.3) is 0 Å². The van der Waals surface area contributed by atoms with Crippen molar-refractivity contribution in [3.63, 3.8) is 0 Å². The van der Waals surface area contributed by atoms with E-state index in [1.807, 2.05) is 6.07 Å². The lowest BCUT2D eigenvalue weighted by atomic mass is 9.72. The van der Waals surface area contributed by atoms with Gasteiger partial charge in [0.1, 0.15) is 11.7 Å². The molecule has 4 nitrogen and oxygen atoms in total. The van der Waals surface area contributed by atoms with Crippen LogP contribution in [-0.2, 0) is 0 Å². The van der Waals surface area contributed by atoms with E-state index < -0.39 is 23.4 Å². The predicted octanol–water partition coefficient (Wildman–Crippen LogP) is 3.80. The second kappa shape index (κ2) is 6.65. The highest BCUT2D eigenvalue weighted by Crippen LogP contribution is 2.39. The lowest BCUT2D eigenvalue weighted by Gasteiger charge is -2.23. The summed E-state index contributed by atoms with van der Waals surface area (Å²) in [7, 11) is 0. The Balaban J connectivity index is 3.17. The average molecular weight is 305 g/mol. The molecular weight excluding hydrogens is 295 g/mol. The molecule has 0 saturated carbocycles. The molecule has 1 atom stereocenters. The molecule has 0 heterocycles. The minimum atomic E-state index is -4.82. The van der Waals surface area contributed by atoms with E-state index >= 15 is 0 Å². The maximum Gasteiger partial charge on any atom is 0.573 e. The van der Waals surface area contributed by atoms with Crippen molar-refractivity contribution in [2.24, 2.45) is 5.41 Å². The highest BCUT2D eigenvalue weighted by Gasteiger charge is 2.40. The molecule has 0 aliphatic rings. The van der Waals surface area contributed by atoms with E-state index in [4.69, 9.17) is 0 Å². The normalized spacial score (nSPS) is 12.4. The zero-order chi connectivity index (χ0) is 16.8. The van der Waals surface area contributed by atoms with Gasteiger partial charge in [0.05, 0.1) is 18.2 Å². The standard InChI is InChI=1S/C15H10F3N3O/c1-2-7-14(9-20,10-21)13(8-19)11-3-5-12(6-4-11)22-15(16,17)18/h2-6,13H,1,7H2. The molecule has 22 heavy (non-hydrogen) atoms. The van der Waals surface area contributed by atoms with Crippen LogP contribution >= 0.6 is 0 Å². The topological polar surface area (TPSA) is 80.6 Å². The second-order valence-corrected chi connectivity index (χ2v) is 4.37. The van der Waals surface area contributed by atoms with Gasteiger partial charge in [-0.3, -0.25) is 0 Å². The minimum absolute atomic E-state index is 0.0426. The Kier molecular flexibility index (Phi) is 5.16. The fourth-order valence-electron chi connectivity index (χ4n) is 1.92. The molecule has 0 aliphatic carbocycles. The number of hydrogen-bond donors (Lipinski definition) is 0. The van der Waals surface area contributed by atoms with E-state index in [9.17, 15) is 29.0 Å². The third-order valence-electron chi connectivity index (χ3n) is 2.93. The summed E-state index contributed by atoms with van der Waals surface area (Å²) in [6.07, 6.45) is -3.51. The molecule has 1 unspecified atom stereocenters. The van der Waals surface area contributed by atoms with Gasteiger partial charge in [0.2, 0.25) is 0 Å². The molecule has 1 aromatic carbocycles. The molecule has 0 radical (unpaired) electrons. The largest absolute Gasteiger partial charge is 0.573 e. The van der Waals surface area contributed by atoms with E-state index in [-0.39, 0.29) is 12.0 Å². The summed E-state index contributed by atoms with van der Waals surface area (Å²) >= 11 is 0. The van der Waals surface area contributed by atoms with Crippen molar-refractivity contribution in [3.05, 3.63) is 42.5 Å². The number of rotatable bonds is 5. The molecule has 112 valence electrons. The summed E-state index contributed by atoms with van der Waals surface area (Å²) in [5, 5.41) is 27.7. The van der Waals surface area contributed by atoms with Crippen molar-refractivity contribution < 1.29 is 17.9 Å². The first-order valence-electron chi connectivity index (χ1n) is 6.00. The smallest absolute Gasteiger partial charge is 0.406 e. The van der Waals surface area contributed by atoms with Crippen molar-refractivity contribution in [2.75, 3.05) is 0 Å². The fourth-order valence-corrected chi connectivity index (χ4v) is 1.92. The van der Waals surface area contributed by atoms with Crippen LogP contribution in [0.2, 0.25) is 0 Å². The lowest BCUT2D eigenvalue weighted by molar-refractivity contribution is -0.274. The lowest BCUT2D eigenvalue weighted by Crippen LogP contribution is -2.24. The summed E-state index contributed by atoms with van der Waals surface area (Å²) in [5.41, 5.74) is -1.40. The molecule has 1 aromatic rings. The molecule has 0 aromatic heterocycles. The number of benzene rings is 1. The third kappa shape index (κ3) is 3.77. The number of nitrogens with zero attached hydrogens (tertiary/aromatic N) is 3. The van der Waals surface area contributed by atoms with Gasteiger partial charge in [-0.25, -0.2) is 0 Å². The van der Waals surface area contributed by atoms with Crippen LogP contribution in [0.5, 0.6) is 5.75 Å². The Hall–Kier alpha value is -2.98. The SMILES string of the molecule is C=CCC(C#N)(C#N)C(C#N)c1ccc(OC(F)(F)F)cc1. The van der Waals surface area contributed by atoms with Crippen LogP contribution in [0.15, 0.2) is 36.9 Å². The summed E-state index contributed by atoms with van der Waals surface area (Å²) in [5.74, 6) is -1.57. The van der Waals surface area contributed by atoms with Gasteiger partial charge in [-0.05, 0) is 24.1 Å². The number of allylic oxidation sites excluding steroid dienone is 1. The number of alkyl halides is 3. The monoisotopic (exact) mass is 305 g/mol. The molecule has 0 saturated heterocycles. The van der Waals surface area contributed by atoms with Crippen LogP contribution in [0, 0.1) is 39.4 Å². The Morgan fingerprint density at radius 3 is 2.05 bits per heavy atom. The number of nitriles is 3. The van der Waals surface area contributed by atoms with Crippen molar-refractivity contribution in [1.29, 1.82) is 15.8 Å². The van der Waals surface area contributed by atoms with E-state index in [1.165, 1.54) is 18.2 Å². The Bertz CT molecular complexity index is 646. The summed E-state index contributed by atoms with van der Waals surface area (Å²) in [6.45, 7) is 3.45. The van der Waals surface area contributed by atoms with Gasteiger partial charge in [0.15, 0.2) is 5.41 Å². The Morgan fingerprint density at radius 1 is 1.14 bits per heavy atom. The van der Waals surface area contributed by atoms with Crippen LogP contribution in [0.3, 0.4) is 0 Å². The number of halogens is 3. The highest BCUT2D eigenvalue weighted by molar-refractivity contribution is 5.39. The first-order chi connectivity index (χ1) is 10.3. The van der Waals surface area contributed by atoms with E-state index in [0.717, 1.165) is 12.1 Å². The summed E-state index contributed by atoms with van der Waals surface area (Å²) < 4.78 is 40.0. The Morgan fingerprint density at radius 2 is 1.68 bits per heavy atom. The van der Waals surface area contributed by atoms with Gasteiger partial charge < -0.3 is 4.74 Å². The van der Waals surface area contributed by atoms with Crippen molar-refractivity contribution in [1.82, 2.24) is 0 Å². The van der Waals surface area contributed by atoms with Crippen LogP contribution in [-0.4, -0.2) is 6.36 Å². The predicted molar refractivity (Wildman–Crippen MR) is 70.0 cm³/mol. The highest BCUT2D eigenvalue weighted by atomic mass is 19.4. The Labute approximate surface area is 125 Å². The van der Waals surface area contributed by atoms with Crippen LogP contribution in [0.4, 0.5) is 13.2 Å². The first kappa shape index (κ1) is 17.1. The van der Waals surface area contributed by atoms with Gasteiger partial charge in [-0.2, -0.15) is 15.8 Å². The van der Waals surface area contributed by atoms with Gasteiger partial charge in [0, 0.05) is 0 Å². The molecule has 0 amide bonds. The maximum absolute atomic E-state index is 12.1. The summed E-state index contributed by atoms with van der Waals surface area (Å²) in [4.78, 5) is 0. The molecule has 0 aliphatic heterocycles. The second-order valence-electron chi connectivity index (χ2n) is 4.37. The summed E-state index contributed by atoms with van der Waals surface area (Å²) in [6, 6.07) is 9.97. The zero-order valence-electron chi connectivity index (χ0n) is 11.3. The van der Waals surface area contributed by atoms with Gasteiger partial charge in [-0.1, -0.05) is 18.2 Å². The molecule has 0 spiro atoms.